The molecule has 32 heavy (non-hydrogen) atoms. The molecule has 0 radical (unpaired) electrons. The zero-order valence-corrected chi connectivity index (χ0v) is 17.3. The van der Waals surface area contributed by atoms with Gasteiger partial charge in [-0.3, -0.25) is 14.6 Å². The summed E-state index contributed by atoms with van der Waals surface area (Å²) < 4.78 is 40.5. The molecule has 1 amide bonds. The van der Waals surface area contributed by atoms with Crippen LogP contribution in [0.4, 0.5) is 13.2 Å². The number of piperidine rings is 1. The molecule has 1 fully saturated rings. The Hall–Kier alpha value is -3.49. The highest BCUT2D eigenvalue weighted by Gasteiger charge is 2.31. The van der Waals surface area contributed by atoms with Crippen LogP contribution in [0.3, 0.4) is 0 Å². The maximum Gasteiger partial charge on any atom is 0.416 e. The number of likely N-dealkylation sites (tertiary alicyclic amines) is 1. The van der Waals surface area contributed by atoms with Crippen molar-refractivity contribution in [3.8, 4) is 11.3 Å². The van der Waals surface area contributed by atoms with Crippen molar-refractivity contribution in [1.82, 2.24) is 19.4 Å². The molecule has 1 aliphatic heterocycles. The first-order valence-electron chi connectivity index (χ1n) is 10.2. The van der Waals surface area contributed by atoms with Crippen LogP contribution >= 0.6 is 0 Å². The Labute approximate surface area is 182 Å². The molecular formula is C23H21F3N4O2. The first-order chi connectivity index (χ1) is 15.2. The minimum Gasteiger partial charge on any atom is -0.339 e. The van der Waals surface area contributed by atoms with Gasteiger partial charge in [0.2, 0.25) is 5.56 Å². The monoisotopic (exact) mass is 442 g/mol. The summed E-state index contributed by atoms with van der Waals surface area (Å²) in [5.41, 5.74) is 0.992. The molecule has 1 aromatic carbocycles. The van der Waals surface area contributed by atoms with Crippen LogP contribution in [0, 0.1) is 0 Å². The topological polar surface area (TPSA) is 68.1 Å². The quantitative estimate of drug-likeness (QED) is 0.618. The largest absolute Gasteiger partial charge is 0.416 e. The number of carbonyl (C=O) groups excluding carboxylic acids is 1. The van der Waals surface area contributed by atoms with Gasteiger partial charge in [-0.25, -0.2) is 4.98 Å². The average Bonchev–Trinajstić information content (AvgIpc) is 2.80. The minimum absolute atomic E-state index is 0.0532. The minimum atomic E-state index is -4.43. The van der Waals surface area contributed by atoms with Crippen LogP contribution in [0.25, 0.3) is 11.3 Å². The molecule has 0 unspecified atom stereocenters. The standard InChI is InChI=1S/C23H21F3N4O2/c1-29-14-17(5-6-21(29)31)22(32)30-9-7-15(8-10-30)19-12-27-13-20(28-19)16-3-2-4-18(11-16)23(24,25)26/h2-6,11-15H,7-10H2,1H3. The number of benzene rings is 1. The van der Waals surface area contributed by atoms with Crippen molar-refractivity contribution in [2.45, 2.75) is 24.9 Å². The third-order valence-electron chi connectivity index (χ3n) is 5.67. The van der Waals surface area contributed by atoms with Crippen LogP contribution in [-0.2, 0) is 13.2 Å². The Kier molecular flexibility index (Phi) is 5.82. The Bertz CT molecular complexity index is 1200. The third-order valence-corrected chi connectivity index (χ3v) is 5.67. The van der Waals surface area contributed by atoms with Crippen molar-refractivity contribution in [3.63, 3.8) is 0 Å². The van der Waals surface area contributed by atoms with Crippen LogP contribution in [0.15, 0.2) is 59.8 Å². The number of halogens is 3. The van der Waals surface area contributed by atoms with Crippen molar-refractivity contribution in [2.24, 2.45) is 7.05 Å². The molecule has 0 saturated carbocycles. The summed E-state index contributed by atoms with van der Waals surface area (Å²) in [5, 5.41) is 0. The molecular weight excluding hydrogens is 421 g/mol. The third kappa shape index (κ3) is 4.56. The molecule has 166 valence electrons. The first-order valence-corrected chi connectivity index (χ1v) is 10.2. The molecule has 3 heterocycles. The molecule has 0 spiro atoms. The highest BCUT2D eigenvalue weighted by molar-refractivity contribution is 5.94. The van der Waals surface area contributed by atoms with E-state index in [9.17, 15) is 22.8 Å². The zero-order valence-electron chi connectivity index (χ0n) is 17.3. The van der Waals surface area contributed by atoms with E-state index in [0.717, 1.165) is 12.1 Å². The van der Waals surface area contributed by atoms with Gasteiger partial charge in [0, 0.05) is 50.1 Å². The Morgan fingerprint density at radius 1 is 1.09 bits per heavy atom. The molecule has 4 rings (SSSR count). The number of aryl methyl sites for hydroxylation is 1. The lowest BCUT2D eigenvalue weighted by Crippen LogP contribution is -2.38. The molecule has 3 aromatic rings. The van der Waals surface area contributed by atoms with Crippen molar-refractivity contribution in [1.29, 1.82) is 0 Å². The predicted molar refractivity (Wildman–Crippen MR) is 112 cm³/mol. The highest BCUT2D eigenvalue weighted by Crippen LogP contribution is 2.33. The molecule has 6 nitrogen and oxygen atoms in total. The van der Waals surface area contributed by atoms with Crippen molar-refractivity contribution in [3.05, 3.63) is 82.2 Å². The fourth-order valence-corrected chi connectivity index (χ4v) is 3.85. The van der Waals surface area contributed by atoms with E-state index >= 15 is 0 Å². The summed E-state index contributed by atoms with van der Waals surface area (Å²) in [6, 6.07) is 7.93. The zero-order chi connectivity index (χ0) is 22.9. The summed E-state index contributed by atoms with van der Waals surface area (Å²) in [7, 11) is 1.60. The van der Waals surface area contributed by atoms with Gasteiger partial charge in [-0.15, -0.1) is 0 Å². The smallest absolute Gasteiger partial charge is 0.339 e. The van der Waals surface area contributed by atoms with E-state index in [-0.39, 0.29) is 17.4 Å². The number of carbonyl (C=O) groups is 1. The lowest BCUT2D eigenvalue weighted by molar-refractivity contribution is -0.137. The second-order valence-corrected chi connectivity index (χ2v) is 7.84. The van der Waals surface area contributed by atoms with Gasteiger partial charge >= 0.3 is 6.18 Å². The van der Waals surface area contributed by atoms with Crippen LogP contribution < -0.4 is 5.56 Å². The maximum absolute atomic E-state index is 13.0. The van der Waals surface area contributed by atoms with Crippen LogP contribution in [0.1, 0.15) is 40.4 Å². The van der Waals surface area contributed by atoms with Gasteiger partial charge in [-0.2, -0.15) is 13.2 Å². The van der Waals surface area contributed by atoms with Gasteiger partial charge in [0.1, 0.15) is 0 Å². The summed E-state index contributed by atoms with van der Waals surface area (Å²) in [6.45, 7) is 1.03. The van der Waals surface area contributed by atoms with E-state index in [4.69, 9.17) is 0 Å². The SMILES string of the molecule is Cn1cc(C(=O)N2CCC(c3cncc(-c4cccc(C(F)(F)F)c4)n3)CC2)ccc1=O. The average molecular weight is 442 g/mol. The van der Waals surface area contributed by atoms with Gasteiger partial charge in [-0.05, 0) is 31.0 Å². The Morgan fingerprint density at radius 3 is 2.53 bits per heavy atom. The summed E-state index contributed by atoms with van der Waals surface area (Å²) >= 11 is 0. The van der Waals surface area contributed by atoms with E-state index in [1.165, 1.54) is 35.2 Å². The van der Waals surface area contributed by atoms with E-state index in [0.29, 0.717) is 48.4 Å². The fraction of sp³-hybridized carbons (Fsp3) is 0.304. The van der Waals surface area contributed by atoms with Crippen molar-refractivity contribution >= 4 is 5.91 Å². The predicted octanol–water partition coefficient (Wildman–Crippen LogP) is 3.88. The fourth-order valence-electron chi connectivity index (χ4n) is 3.85. The van der Waals surface area contributed by atoms with E-state index < -0.39 is 11.7 Å². The summed E-state index contributed by atoms with van der Waals surface area (Å²) in [4.78, 5) is 34.8. The number of amides is 1. The number of pyridine rings is 1. The van der Waals surface area contributed by atoms with Gasteiger partial charge < -0.3 is 9.47 Å². The molecule has 9 heteroatoms. The number of hydrogen-bond donors (Lipinski definition) is 0. The lowest BCUT2D eigenvalue weighted by Gasteiger charge is -2.31. The van der Waals surface area contributed by atoms with Crippen LogP contribution in [-0.4, -0.2) is 38.4 Å². The van der Waals surface area contributed by atoms with Gasteiger partial charge in [-0.1, -0.05) is 12.1 Å². The summed E-state index contributed by atoms with van der Waals surface area (Å²) in [5.74, 6) is -0.0831. The van der Waals surface area contributed by atoms with Crippen LogP contribution in [0.2, 0.25) is 0 Å². The molecule has 1 aliphatic rings. The van der Waals surface area contributed by atoms with Gasteiger partial charge in [0.05, 0.1) is 28.7 Å². The van der Waals surface area contributed by atoms with E-state index in [2.05, 4.69) is 9.97 Å². The molecule has 0 atom stereocenters. The molecule has 2 aromatic heterocycles. The number of rotatable bonds is 3. The Balaban J connectivity index is 1.47. The maximum atomic E-state index is 13.0. The van der Waals surface area contributed by atoms with Gasteiger partial charge in [0.15, 0.2) is 0 Å². The van der Waals surface area contributed by atoms with E-state index in [1.807, 2.05) is 0 Å². The lowest BCUT2D eigenvalue weighted by atomic mass is 9.93. The molecule has 0 N–H and O–H groups in total. The normalized spacial score (nSPS) is 15.1. The van der Waals surface area contributed by atoms with Crippen molar-refractivity contribution in [2.75, 3.05) is 13.1 Å². The molecule has 0 aliphatic carbocycles. The number of alkyl halides is 3. The molecule has 1 saturated heterocycles. The van der Waals surface area contributed by atoms with Crippen LogP contribution in [0.5, 0.6) is 0 Å². The number of aromatic nitrogens is 3. The van der Waals surface area contributed by atoms with Gasteiger partial charge in [0.25, 0.3) is 5.91 Å². The summed E-state index contributed by atoms with van der Waals surface area (Å²) in [6.07, 6.45) is 1.52. The highest BCUT2D eigenvalue weighted by atomic mass is 19.4. The number of nitrogens with zero attached hydrogens (tertiary/aromatic N) is 4. The second kappa shape index (κ2) is 8.57. The number of hydrogen-bond acceptors (Lipinski definition) is 4. The van der Waals surface area contributed by atoms with E-state index in [1.54, 1.807) is 24.2 Å². The first kappa shape index (κ1) is 21.7. The Morgan fingerprint density at radius 2 is 1.84 bits per heavy atom. The van der Waals surface area contributed by atoms with Crippen molar-refractivity contribution < 1.29 is 18.0 Å². The molecule has 0 bridgehead atoms. The second-order valence-electron chi connectivity index (χ2n) is 7.84.